The number of rotatable bonds is 4. The molecule has 0 saturated heterocycles. The van der Waals surface area contributed by atoms with Gasteiger partial charge in [-0.05, 0) is 35.4 Å². The second-order valence-corrected chi connectivity index (χ2v) is 6.61. The molecular formula is C21H21NO2. The predicted octanol–water partition coefficient (Wildman–Crippen LogP) is 3.97. The highest BCUT2D eigenvalue weighted by molar-refractivity contribution is 6.10. The number of ketones is 1. The molecule has 3 aromatic rings. The number of fused-ring (bicyclic) bond motifs is 1. The van der Waals surface area contributed by atoms with Crippen LogP contribution in [0, 0.1) is 5.92 Å². The number of hydrogen-bond donors (Lipinski definition) is 0. The number of pyridine rings is 1. The third kappa shape index (κ3) is 3.02. The Morgan fingerprint density at radius 1 is 1.04 bits per heavy atom. The van der Waals surface area contributed by atoms with Gasteiger partial charge in [0.15, 0.2) is 5.78 Å². The van der Waals surface area contributed by atoms with Crippen LogP contribution in [0.5, 0.6) is 0 Å². The summed E-state index contributed by atoms with van der Waals surface area (Å²) in [6.45, 7) is 4.33. The Kier molecular flexibility index (Phi) is 4.34. The highest BCUT2D eigenvalue weighted by Gasteiger charge is 2.16. The minimum absolute atomic E-state index is 0.216. The van der Waals surface area contributed by atoms with E-state index in [0.29, 0.717) is 11.5 Å². The van der Waals surface area contributed by atoms with E-state index in [1.165, 1.54) is 10.1 Å². The lowest BCUT2D eigenvalue weighted by atomic mass is 9.98. The topological polar surface area (TPSA) is 39.1 Å². The molecule has 1 heterocycles. The first-order valence-electron chi connectivity index (χ1n) is 8.20. The van der Waals surface area contributed by atoms with Crippen LogP contribution in [-0.2, 0) is 13.5 Å². The first-order valence-corrected chi connectivity index (χ1v) is 8.20. The van der Waals surface area contributed by atoms with E-state index in [2.05, 4.69) is 13.8 Å². The van der Waals surface area contributed by atoms with Crippen molar-refractivity contribution in [2.45, 2.75) is 20.3 Å². The third-order valence-electron chi connectivity index (χ3n) is 4.24. The Labute approximate surface area is 141 Å². The molecule has 122 valence electrons. The third-order valence-corrected chi connectivity index (χ3v) is 4.24. The summed E-state index contributed by atoms with van der Waals surface area (Å²) in [5.74, 6) is 0.344. The van der Waals surface area contributed by atoms with Gasteiger partial charge in [0.25, 0.3) is 5.56 Å². The van der Waals surface area contributed by atoms with Crippen LogP contribution < -0.4 is 5.56 Å². The quantitative estimate of drug-likeness (QED) is 0.683. The van der Waals surface area contributed by atoms with E-state index < -0.39 is 0 Å². The summed E-state index contributed by atoms with van der Waals surface area (Å²) in [4.78, 5) is 25.3. The van der Waals surface area contributed by atoms with Gasteiger partial charge in [0.2, 0.25) is 0 Å². The molecule has 0 aliphatic rings. The molecule has 3 nitrogen and oxygen atoms in total. The molecule has 24 heavy (non-hydrogen) atoms. The normalized spacial score (nSPS) is 11.2. The van der Waals surface area contributed by atoms with E-state index in [1.807, 2.05) is 48.5 Å². The van der Waals surface area contributed by atoms with E-state index in [1.54, 1.807) is 13.1 Å². The first-order chi connectivity index (χ1) is 11.5. The van der Waals surface area contributed by atoms with Gasteiger partial charge in [-0.15, -0.1) is 0 Å². The van der Waals surface area contributed by atoms with E-state index in [0.717, 1.165) is 17.3 Å². The second-order valence-electron chi connectivity index (χ2n) is 6.61. The molecule has 0 bridgehead atoms. The Morgan fingerprint density at radius 2 is 1.71 bits per heavy atom. The lowest BCUT2D eigenvalue weighted by Crippen LogP contribution is -2.24. The van der Waals surface area contributed by atoms with Crippen molar-refractivity contribution >= 4 is 16.7 Å². The highest BCUT2D eigenvalue weighted by Crippen LogP contribution is 2.16. The van der Waals surface area contributed by atoms with Crippen molar-refractivity contribution in [3.8, 4) is 0 Å². The van der Waals surface area contributed by atoms with Gasteiger partial charge in [-0.2, -0.15) is 0 Å². The molecule has 0 amide bonds. The number of para-hydroxylation sites is 1. The molecule has 3 rings (SSSR count). The Morgan fingerprint density at radius 3 is 2.38 bits per heavy atom. The molecule has 0 unspecified atom stereocenters. The van der Waals surface area contributed by atoms with Gasteiger partial charge < -0.3 is 4.57 Å². The summed E-state index contributed by atoms with van der Waals surface area (Å²) in [6.07, 6.45) is 0.978. The summed E-state index contributed by atoms with van der Waals surface area (Å²) in [7, 11) is 1.70. The molecule has 1 aromatic heterocycles. The van der Waals surface area contributed by atoms with E-state index in [-0.39, 0.29) is 16.9 Å². The van der Waals surface area contributed by atoms with Crippen LogP contribution in [0.1, 0.15) is 35.3 Å². The van der Waals surface area contributed by atoms with E-state index in [4.69, 9.17) is 0 Å². The fourth-order valence-corrected chi connectivity index (χ4v) is 3.00. The van der Waals surface area contributed by atoms with Crippen molar-refractivity contribution in [2.75, 3.05) is 0 Å². The monoisotopic (exact) mass is 319 g/mol. The average Bonchev–Trinajstić information content (AvgIpc) is 2.58. The van der Waals surface area contributed by atoms with Crippen molar-refractivity contribution in [1.29, 1.82) is 0 Å². The molecular weight excluding hydrogens is 298 g/mol. The lowest BCUT2D eigenvalue weighted by Gasteiger charge is -2.09. The average molecular weight is 319 g/mol. The van der Waals surface area contributed by atoms with E-state index in [9.17, 15) is 9.59 Å². The van der Waals surface area contributed by atoms with Gasteiger partial charge in [-0.25, -0.2) is 0 Å². The fourth-order valence-electron chi connectivity index (χ4n) is 3.00. The standard InChI is InChI=1S/C21H21NO2/c1-14(2)12-15-8-10-16(11-9-15)20(23)18-13-17-6-4-5-7-19(17)22(3)21(18)24/h4-11,13-14H,12H2,1-3H3. The molecule has 0 fully saturated rings. The molecule has 0 atom stereocenters. The smallest absolute Gasteiger partial charge is 0.262 e. The number of benzene rings is 2. The largest absolute Gasteiger partial charge is 0.311 e. The lowest BCUT2D eigenvalue weighted by molar-refractivity contribution is 0.103. The van der Waals surface area contributed by atoms with Crippen LogP contribution in [0.25, 0.3) is 10.9 Å². The molecule has 0 spiro atoms. The first kappa shape index (κ1) is 16.2. The minimum Gasteiger partial charge on any atom is -0.311 e. The molecule has 0 saturated carbocycles. The Bertz CT molecular complexity index is 950. The number of aryl methyl sites for hydroxylation is 1. The van der Waals surface area contributed by atoms with Crippen LogP contribution in [-0.4, -0.2) is 10.4 Å². The van der Waals surface area contributed by atoms with Crippen LogP contribution >= 0.6 is 0 Å². The number of hydrogen-bond acceptors (Lipinski definition) is 2. The zero-order chi connectivity index (χ0) is 17.3. The van der Waals surface area contributed by atoms with Crippen molar-refractivity contribution in [3.63, 3.8) is 0 Å². The van der Waals surface area contributed by atoms with Gasteiger partial charge in [0.1, 0.15) is 0 Å². The molecule has 0 N–H and O–H groups in total. The Balaban J connectivity index is 2.02. The van der Waals surface area contributed by atoms with Gasteiger partial charge in [-0.3, -0.25) is 9.59 Å². The summed E-state index contributed by atoms with van der Waals surface area (Å²) < 4.78 is 1.54. The maximum absolute atomic E-state index is 12.8. The molecule has 2 aromatic carbocycles. The van der Waals surface area contributed by atoms with Gasteiger partial charge >= 0.3 is 0 Å². The maximum atomic E-state index is 12.8. The van der Waals surface area contributed by atoms with Crippen molar-refractivity contribution in [1.82, 2.24) is 4.57 Å². The van der Waals surface area contributed by atoms with Crippen LogP contribution in [0.15, 0.2) is 59.4 Å². The molecule has 0 radical (unpaired) electrons. The van der Waals surface area contributed by atoms with Crippen molar-refractivity contribution in [2.24, 2.45) is 13.0 Å². The number of carbonyl (C=O) groups excluding carboxylic acids is 1. The summed E-state index contributed by atoms with van der Waals surface area (Å²) >= 11 is 0. The summed E-state index contributed by atoms with van der Waals surface area (Å²) in [6, 6.07) is 16.9. The molecule has 3 heteroatoms. The zero-order valence-electron chi connectivity index (χ0n) is 14.2. The van der Waals surface area contributed by atoms with Crippen LogP contribution in [0.3, 0.4) is 0 Å². The molecule has 0 aliphatic heterocycles. The SMILES string of the molecule is CC(C)Cc1ccc(C(=O)c2cc3ccccc3n(C)c2=O)cc1. The van der Waals surface area contributed by atoms with Gasteiger partial charge in [0, 0.05) is 12.6 Å². The highest BCUT2D eigenvalue weighted by atomic mass is 16.1. The molecule has 0 aliphatic carbocycles. The minimum atomic E-state index is -0.259. The second kappa shape index (κ2) is 6.44. The van der Waals surface area contributed by atoms with Crippen molar-refractivity contribution < 1.29 is 4.79 Å². The number of nitrogens with zero attached hydrogens (tertiary/aromatic N) is 1. The van der Waals surface area contributed by atoms with Gasteiger partial charge in [0.05, 0.1) is 11.1 Å². The van der Waals surface area contributed by atoms with Crippen LogP contribution in [0.4, 0.5) is 0 Å². The predicted molar refractivity (Wildman–Crippen MR) is 97.6 cm³/mol. The fraction of sp³-hybridized carbons (Fsp3) is 0.238. The zero-order valence-corrected chi connectivity index (χ0v) is 14.2. The summed E-state index contributed by atoms with van der Waals surface area (Å²) in [5, 5.41) is 0.888. The van der Waals surface area contributed by atoms with Crippen molar-refractivity contribution in [3.05, 3.63) is 81.6 Å². The van der Waals surface area contributed by atoms with Gasteiger partial charge in [-0.1, -0.05) is 56.3 Å². The Hall–Kier alpha value is -2.68. The number of carbonyl (C=O) groups is 1. The summed E-state index contributed by atoms with van der Waals surface area (Å²) in [5.41, 5.74) is 2.53. The number of aromatic nitrogens is 1. The maximum Gasteiger partial charge on any atom is 0.262 e. The van der Waals surface area contributed by atoms with Crippen LogP contribution in [0.2, 0.25) is 0 Å². The van der Waals surface area contributed by atoms with E-state index >= 15 is 0 Å².